The molecule has 16 heavy (non-hydrogen) atoms. The van der Waals surface area contributed by atoms with Crippen molar-refractivity contribution in [1.29, 1.82) is 0 Å². The van der Waals surface area contributed by atoms with Crippen LogP contribution in [0.4, 0.5) is 0 Å². The van der Waals surface area contributed by atoms with Crippen LogP contribution in [-0.2, 0) is 0 Å². The molecule has 2 aromatic rings. The van der Waals surface area contributed by atoms with E-state index in [1.165, 1.54) is 0 Å². The van der Waals surface area contributed by atoms with Gasteiger partial charge in [0.2, 0.25) is 0 Å². The molecule has 0 aromatic carbocycles. The second kappa shape index (κ2) is 5.27. The highest BCUT2D eigenvalue weighted by Crippen LogP contribution is 2.31. The van der Waals surface area contributed by atoms with Crippen LogP contribution in [0.25, 0.3) is 0 Å². The van der Waals surface area contributed by atoms with Crippen molar-refractivity contribution in [3.05, 3.63) is 47.5 Å². The predicted molar refractivity (Wildman–Crippen MR) is 65.6 cm³/mol. The molecule has 1 atom stereocenters. The number of nitrogens with zero attached hydrogens (tertiary/aromatic N) is 3. The summed E-state index contributed by atoms with van der Waals surface area (Å²) in [4.78, 5) is 12.6. The fourth-order valence-electron chi connectivity index (χ4n) is 1.21. The normalized spacial score (nSPS) is 12.4. The molecule has 0 bridgehead atoms. The highest BCUT2D eigenvalue weighted by molar-refractivity contribution is 7.99. The van der Waals surface area contributed by atoms with Crippen LogP contribution in [0.5, 0.6) is 0 Å². The molecule has 0 saturated heterocycles. The molecule has 0 radical (unpaired) electrons. The molecule has 0 saturated carbocycles. The molecule has 0 spiro atoms. The maximum atomic E-state index is 5.79. The summed E-state index contributed by atoms with van der Waals surface area (Å²) in [5.41, 5.74) is 1.01. The molecule has 2 heterocycles. The van der Waals surface area contributed by atoms with E-state index in [9.17, 15) is 0 Å². The number of hydrogen-bond donors (Lipinski definition) is 0. The Bertz CT molecular complexity index is 464. The van der Waals surface area contributed by atoms with E-state index in [0.717, 1.165) is 5.69 Å². The zero-order chi connectivity index (χ0) is 11.4. The highest BCUT2D eigenvalue weighted by atomic mass is 35.5. The summed E-state index contributed by atoms with van der Waals surface area (Å²) in [7, 11) is 0. The van der Waals surface area contributed by atoms with Gasteiger partial charge in [-0.15, -0.1) is 0 Å². The average Bonchev–Trinajstić information content (AvgIpc) is 2.30. The maximum Gasteiger partial charge on any atom is 0.189 e. The zero-order valence-electron chi connectivity index (χ0n) is 8.67. The fourth-order valence-corrected chi connectivity index (χ4v) is 2.25. The lowest BCUT2D eigenvalue weighted by molar-refractivity contribution is 0.939. The standard InChI is InChI=1S/C11H10ClN3S/c1-8(9-4-2-3-6-13-9)16-11-14-7-5-10(12)15-11/h2-8H,1H3. The molecular formula is C11H10ClN3S. The van der Waals surface area contributed by atoms with Crippen molar-refractivity contribution in [2.75, 3.05) is 0 Å². The Hall–Kier alpha value is -1.13. The molecule has 2 aromatic heterocycles. The smallest absolute Gasteiger partial charge is 0.189 e. The van der Waals surface area contributed by atoms with E-state index >= 15 is 0 Å². The molecule has 1 unspecified atom stereocenters. The first-order chi connectivity index (χ1) is 7.75. The van der Waals surface area contributed by atoms with Crippen molar-refractivity contribution in [3.63, 3.8) is 0 Å². The molecule has 0 amide bonds. The third-order valence-corrected chi connectivity index (χ3v) is 3.20. The highest BCUT2D eigenvalue weighted by Gasteiger charge is 2.10. The Balaban J connectivity index is 2.11. The minimum absolute atomic E-state index is 0.208. The summed E-state index contributed by atoms with van der Waals surface area (Å²) < 4.78 is 0. The number of halogens is 1. The SMILES string of the molecule is CC(Sc1nccc(Cl)n1)c1ccccn1. The summed E-state index contributed by atoms with van der Waals surface area (Å²) in [5.74, 6) is 0. The van der Waals surface area contributed by atoms with E-state index in [0.29, 0.717) is 10.3 Å². The molecule has 82 valence electrons. The second-order valence-corrected chi connectivity index (χ2v) is 4.87. The van der Waals surface area contributed by atoms with Crippen LogP contribution in [0.2, 0.25) is 5.15 Å². The maximum absolute atomic E-state index is 5.79. The zero-order valence-corrected chi connectivity index (χ0v) is 10.2. The Morgan fingerprint density at radius 2 is 2.06 bits per heavy atom. The summed E-state index contributed by atoms with van der Waals surface area (Å²) in [6.45, 7) is 2.07. The molecule has 3 nitrogen and oxygen atoms in total. The van der Waals surface area contributed by atoms with Gasteiger partial charge in [-0.05, 0) is 25.1 Å². The molecule has 5 heteroatoms. The van der Waals surface area contributed by atoms with Crippen LogP contribution in [0.1, 0.15) is 17.9 Å². The third kappa shape index (κ3) is 2.93. The number of pyridine rings is 1. The second-order valence-electron chi connectivity index (χ2n) is 3.18. The Kier molecular flexibility index (Phi) is 3.74. The number of aromatic nitrogens is 3. The van der Waals surface area contributed by atoms with Crippen molar-refractivity contribution >= 4 is 23.4 Å². The summed E-state index contributed by atoms with van der Waals surface area (Å²) in [6, 6.07) is 7.52. The summed E-state index contributed by atoms with van der Waals surface area (Å²) in [5, 5.41) is 1.34. The van der Waals surface area contributed by atoms with Gasteiger partial charge in [-0.2, -0.15) is 0 Å². The summed E-state index contributed by atoms with van der Waals surface area (Å²) in [6.07, 6.45) is 3.44. The molecular weight excluding hydrogens is 242 g/mol. The fraction of sp³-hybridized carbons (Fsp3) is 0.182. The molecule has 0 N–H and O–H groups in total. The van der Waals surface area contributed by atoms with Gasteiger partial charge >= 0.3 is 0 Å². The van der Waals surface area contributed by atoms with Gasteiger partial charge in [-0.25, -0.2) is 9.97 Å². The van der Waals surface area contributed by atoms with Crippen molar-refractivity contribution < 1.29 is 0 Å². The number of rotatable bonds is 3. The van der Waals surface area contributed by atoms with E-state index in [1.54, 1.807) is 30.2 Å². The van der Waals surface area contributed by atoms with E-state index in [4.69, 9.17) is 11.6 Å². The number of hydrogen-bond acceptors (Lipinski definition) is 4. The first-order valence-electron chi connectivity index (χ1n) is 4.82. The Labute approximate surface area is 103 Å². The lowest BCUT2D eigenvalue weighted by Crippen LogP contribution is -1.94. The Morgan fingerprint density at radius 3 is 2.75 bits per heavy atom. The van der Waals surface area contributed by atoms with Crippen molar-refractivity contribution in [1.82, 2.24) is 15.0 Å². The Morgan fingerprint density at radius 1 is 1.19 bits per heavy atom. The van der Waals surface area contributed by atoms with Crippen molar-refractivity contribution in [2.24, 2.45) is 0 Å². The van der Waals surface area contributed by atoms with Gasteiger partial charge in [0.05, 0.1) is 10.9 Å². The van der Waals surface area contributed by atoms with Gasteiger partial charge in [0.25, 0.3) is 0 Å². The lowest BCUT2D eigenvalue weighted by atomic mass is 10.3. The average molecular weight is 252 g/mol. The topological polar surface area (TPSA) is 38.7 Å². The molecule has 0 aliphatic carbocycles. The van der Waals surface area contributed by atoms with Crippen LogP contribution in [0.15, 0.2) is 41.8 Å². The quantitative estimate of drug-likeness (QED) is 0.476. The van der Waals surface area contributed by atoms with Gasteiger partial charge in [0.15, 0.2) is 5.16 Å². The lowest BCUT2D eigenvalue weighted by Gasteiger charge is -2.08. The van der Waals surface area contributed by atoms with Crippen LogP contribution >= 0.6 is 23.4 Å². The van der Waals surface area contributed by atoms with Crippen LogP contribution < -0.4 is 0 Å². The largest absolute Gasteiger partial charge is 0.260 e. The van der Waals surface area contributed by atoms with E-state index < -0.39 is 0 Å². The minimum atomic E-state index is 0.208. The van der Waals surface area contributed by atoms with E-state index in [2.05, 4.69) is 21.9 Å². The van der Waals surface area contributed by atoms with Gasteiger partial charge < -0.3 is 0 Å². The molecule has 0 aliphatic rings. The first kappa shape index (κ1) is 11.4. The van der Waals surface area contributed by atoms with Crippen molar-refractivity contribution in [3.8, 4) is 0 Å². The van der Waals surface area contributed by atoms with Crippen LogP contribution in [0.3, 0.4) is 0 Å². The van der Waals surface area contributed by atoms with Crippen molar-refractivity contribution in [2.45, 2.75) is 17.3 Å². The summed E-state index contributed by atoms with van der Waals surface area (Å²) >= 11 is 7.34. The first-order valence-corrected chi connectivity index (χ1v) is 6.07. The van der Waals surface area contributed by atoms with E-state index in [-0.39, 0.29) is 5.25 Å². The van der Waals surface area contributed by atoms with Gasteiger partial charge in [-0.3, -0.25) is 4.98 Å². The molecule has 0 aliphatic heterocycles. The third-order valence-electron chi connectivity index (χ3n) is 1.99. The predicted octanol–water partition coefficient (Wildman–Crippen LogP) is 3.38. The van der Waals surface area contributed by atoms with E-state index in [1.807, 2.05) is 18.2 Å². The van der Waals surface area contributed by atoms with Crippen LogP contribution in [-0.4, -0.2) is 15.0 Å². The molecule has 2 rings (SSSR count). The van der Waals surface area contributed by atoms with Crippen LogP contribution in [0, 0.1) is 0 Å². The van der Waals surface area contributed by atoms with Gasteiger partial charge in [-0.1, -0.05) is 29.4 Å². The monoisotopic (exact) mass is 251 g/mol. The number of thioether (sulfide) groups is 1. The van der Waals surface area contributed by atoms with Gasteiger partial charge in [0.1, 0.15) is 5.15 Å². The minimum Gasteiger partial charge on any atom is -0.260 e. The van der Waals surface area contributed by atoms with Gasteiger partial charge in [0, 0.05) is 12.4 Å². The molecule has 0 fully saturated rings.